The van der Waals surface area contributed by atoms with Gasteiger partial charge in [-0.25, -0.2) is 0 Å². The first-order valence-corrected chi connectivity index (χ1v) is 11.5. The number of hydrogen-bond acceptors (Lipinski definition) is 6. The van der Waals surface area contributed by atoms with Crippen LogP contribution in [0.4, 0.5) is 0 Å². The third-order valence-electron chi connectivity index (χ3n) is 4.73. The Morgan fingerprint density at radius 1 is 1.32 bits per heavy atom. The zero-order chi connectivity index (χ0) is 22.2. The fraction of sp³-hybridized carbons (Fsp3) is 0.409. The molecule has 7 nitrogen and oxygen atoms in total. The molecule has 2 heterocycles. The van der Waals surface area contributed by atoms with Crippen molar-refractivity contribution < 1.29 is 14.3 Å². The first kappa shape index (κ1) is 23.0. The van der Waals surface area contributed by atoms with Crippen LogP contribution >= 0.6 is 23.6 Å². The minimum absolute atomic E-state index is 0.0588. The standard InChI is InChI=1S/C22H28N4O3S2/c1-15(2)9-11-29-17-7-6-16(13-18(17)28-3)14-23-20(27)8-10-26-21(24-25-22(26)30)19-5-4-12-31-19/h4-7,12-13,15H,8-11,14H2,1-3H3,(H,23,27)(H,25,30). The second kappa shape index (κ2) is 11.1. The van der Waals surface area contributed by atoms with Crippen LogP contribution in [0, 0.1) is 10.7 Å². The number of ether oxygens (including phenoxy) is 2. The SMILES string of the molecule is COc1cc(CNC(=O)CCn2c(-c3cccs3)n[nH]c2=S)ccc1OCCC(C)C. The molecular formula is C22H28N4O3S2. The molecule has 0 spiro atoms. The van der Waals surface area contributed by atoms with E-state index in [1.807, 2.05) is 40.3 Å². The van der Waals surface area contributed by atoms with E-state index in [4.69, 9.17) is 21.7 Å². The summed E-state index contributed by atoms with van der Waals surface area (Å²) in [4.78, 5) is 13.4. The average Bonchev–Trinajstić information content (AvgIpc) is 3.40. The van der Waals surface area contributed by atoms with Crippen molar-refractivity contribution in [3.05, 3.63) is 46.0 Å². The molecule has 3 aromatic rings. The number of methoxy groups -OCH3 is 1. The van der Waals surface area contributed by atoms with Crippen LogP contribution in [0.5, 0.6) is 11.5 Å². The highest BCUT2D eigenvalue weighted by Gasteiger charge is 2.12. The number of amides is 1. The number of carbonyl (C=O) groups excluding carboxylic acids is 1. The van der Waals surface area contributed by atoms with E-state index < -0.39 is 0 Å². The first-order valence-electron chi connectivity index (χ1n) is 10.2. The Morgan fingerprint density at radius 2 is 2.16 bits per heavy atom. The van der Waals surface area contributed by atoms with Gasteiger partial charge in [0.15, 0.2) is 22.1 Å². The van der Waals surface area contributed by atoms with Crippen molar-refractivity contribution in [3.63, 3.8) is 0 Å². The van der Waals surface area contributed by atoms with Gasteiger partial charge in [0, 0.05) is 19.5 Å². The molecule has 0 saturated carbocycles. The normalized spacial score (nSPS) is 11.0. The van der Waals surface area contributed by atoms with Crippen LogP contribution < -0.4 is 14.8 Å². The molecule has 0 bridgehead atoms. The van der Waals surface area contributed by atoms with Crippen LogP contribution in [-0.2, 0) is 17.9 Å². The Labute approximate surface area is 191 Å². The molecule has 0 radical (unpaired) electrons. The van der Waals surface area contributed by atoms with Crippen molar-refractivity contribution >= 4 is 29.5 Å². The van der Waals surface area contributed by atoms with Crippen molar-refractivity contribution in [3.8, 4) is 22.2 Å². The summed E-state index contributed by atoms with van der Waals surface area (Å²) in [6.45, 7) is 5.84. The highest BCUT2D eigenvalue weighted by atomic mass is 32.1. The lowest BCUT2D eigenvalue weighted by Crippen LogP contribution is -2.24. The number of H-pyrrole nitrogens is 1. The van der Waals surface area contributed by atoms with Crippen LogP contribution in [0.15, 0.2) is 35.7 Å². The number of nitrogens with one attached hydrogen (secondary N) is 2. The molecule has 2 aromatic heterocycles. The van der Waals surface area contributed by atoms with E-state index in [-0.39, 0.29) is 5.91 Å². The quantitative estimate of drug-likeness (QED) is 0.401. The summed E-state index contributed by atoms with van der Waals surface area (Å²) in [5, 5.41) is 12.0. The fourth-order valence-corrected chi connectivity index (χ4v) is 3.91. The van der Waals surface area contributed by atoms with E-state index in [1.165, 1.54) is 0 Å². The van der Waals surface area contributed by atoms with E-state index in [1.54, 1.807) is 18.4 Å². The maximum Gasteiger partial charge on any atom is 0.222 e. The molecule has 2 N–H and O–H groups in total. The number of nitrogens with zero attached hydrogens (tertiary/aromatic N) is 2. The molecule has 0 aliphatic carbocycles. The van der Waals surface area contributed by atoms with E-state index in [0.717, 1.165) is 22.7 Å². The summed E-state index contributed by atoms with van der Waals surface area (Å²) in [5.41, 5.74) is 0.945. The third kappa shape index (κ3) is 6.41. The van der Waals surface area contributed by atoms with Gasteiger partial charge < -0.3 is 14.8 Å². The van der Waals surface area contributed by atoms with Crippen LogP contribution in [0.25, 0.3) is 10.7 Å². The van der Waals surface area contributed by atoms with Crippen LogP contribution in [0.3, 0.4) is 0 Å². The second-order valence-electron chi connectivity index (χ2n) is 7.52. The predicted octanol–water partition coefficient (Wildman–Crippen LogP) is 4.81. The van der Waals surface area contributed by atoms with E-state index in [2.05, 4.69) is 29.4 Å². The lowest BCUT2D eigenvalue weighted by Gasteiger charge is -2.13. The van der Waals surface area contributed by atoms with Gasteiger partial charge in [0.2, 0.25) is 5.91 Å². The molecule has 0 atom stereocenters. The Kier molecular flexibility index (Phi) is 8.25. The molecule has 0 aliphatic heterocycles. The second-order valence-corrected chi connectivity index (χ2v) is 8.86. The van der Waals surface area contributed by atoms with Gasteiger partial charge in [-0.1, -0.05) is 26.0 Å². The van der Waals surface area contributed by atoms with Crippen molar-refractivity contribution in [2.45, 2.75) is 39.8 Å². The third-order valence-corrected chi connectivity index (χ3v) is 5.91. The highest BCUT2D eigenvalue weighted by molar-refractivity contribution is 7.71. The lowest BCUT2D eigenvalue weighted by atomic mass is 10.1. The van der Waals surface area contributed by atoms with Gasteiger partial charge >= 0.3 is 0 Å². The number of rotatable bonds is 11. The Bertz CT molecular complexity index is 1040. The zero-order valence-corrected chi connectivity index (χ0v) is 19.6. The van der Waals surface area contributed by atoms with Crippen LogP contribution in [0.2, 0.25) is 0 Å². The molecule has 9 heteroatoms. The smallest absolute Gasteiger partial charge is 0.222 e. The van der Waals surface area contributed by atoms with Crippen LogP contribution in [-0.4, -0.2) is 34.4 Å². The Morgan fingerprint density at radius 3 is 2.87 bits per heavy atom. The number of aromatic amines is 1. The van der Waals surface area contributed by atoms with E-state index >= 15 is 0 Å². The molecule has 166 valence electrons. The summed E-state index contributed by atoms with van der Waals surface area (Å²) in [7, 11) is 1.62. The molecule has 0 unspecified atom stereocenters. The number of aromatic nitrogens is 3. The minimum Gasteiger partial charge on any atom is -0.493 e. The van der Waals surface area contributed by atoms with Gasteiger partial charge in [-0.2, -0.15) is 5.10 Å². The number of hydrogen-bond donors (Lipinski definition) is 2. The average molecular weight is 461 g/mol. The Balaban J connectivity index is 1.53. The van der Waals surface area contributed by atoms with Gasteiger partial charge in [0.05, 0.1) is 18.6 Å². The van der Waals surface area contributed by atoms with Gasteiger partial charge in [-0.05, 0) is 53.7 Å². The number of carbonyl (C=O) groups is 1. The minimum atomic E-state index is -0.0588. The summed E-state index contributed by atoms with van der Waals surface area (Å²) >= 11 is 6.90. The molecule has 1 aromatic carbocycles. The molecule has 3 rings (SSSR count). The van der Waals surface area contributed by atoms with Gasteiger partial charge in [-0.3, -0.25) is 14.5 Å². The predicted molar refractivity (Wildman–Crippen MR) is 125 cm³/mol. The van der Waals surface area contributed by atoms with Crippen molar-refractivity contribution in [1.82, 2.24) is 20.1 Å². The number of thiophene rings is 1. The summed E-state index contributed by atoms with van der Waals surface area (Å²) in [5.74, 6) is 2.66. The van der Waals surface area contributed by atoms with Gasteiger partial charge in [-0.15, -0.1) is 11.3 Å². The largest absolute Gasteiger partial charge is 0.493 e. The maximum absolute atomic E-state index is 12.4. The van der Waals surface area contributed by atoms with E-state index in [0.29, 0.717) is 48.3 Å². The summed E-state index contributed by atoms with van der Waals surface area (Å²) in [6, 6.07) is 9.67. The van der Waals surface area contributed by atoms with Gasteiger partial charge in [0.25, 0.3) is 0 Å². The molecule has 0 saturated heterocycles. The van der Waals surface area contributed by atoms with Crippen LogP contribution in [0.1, 0.15) is 32.3 Å². The first-order chi connectivity index (χ1) is 15.0. The summed E-state index contributed by atoms with van der Waals surface area (Å²) < 4.78 is 13.6. The Hall–Kier alpha value is -2.65. The molecule has 31 heavy (non-hydrogen) atoms. The molecule has 1 amide bonds. The van der Waals surface area contributed by atoms with Crippen molar-refractivity contribution in [2.24, 2.45) is 5.92 Å². The molecule has 0 aliphatic rings. The lowest BCUT2D eigenvalue weighted by molar-refractivity contribution is -0.121. The topological polar surface area (TPSA) is 81.2 Å². The maximum atomic E-state index is 12.4. The van der Waals surface area contributed by atoms with Crippen molar-refractivity contribution in [2.75, 3.05) is 13.7 Å². The fourth-order valence-electron chi connectivity index (χ4n) is 2.97. The summed E-state index contributed by atoms with van der Waals surface area (Å²) in [6.07, 6.45) is 1.29. The molecular weight excluding hydrogens is 432 g/mol. The molecule has 0 fully saturated rings. The van der Waals surface area contributed by atoms with Gasteiger partial charge in [0.1, 0.15) is 0 Å². The number of benzene rings is 1. The van der Waals surface area contributed by atoms with Crippen molar-refractivity contribution in [1.29, 1.82) is 0 Å². The zero-order valence-electron chi connectivity index (χ0n) is 18.0. The monoisotopic (exact) mass is 460 g/mol. The highest BCUT2D eigenvalue weighted by Crippen LogP contribution is 2.28. The van der Waals surface area contributed by atoms with E-state index in [9.17, 15) is 4.79 Å².